The zero-order valence-electron chi connectivity index (χ0n) is 10.7. The van der Waals surface area contributed by atoms with Crippen molar-refractivity contribution in [1.29, 1.82) is 0 Å². The van der Waals surface area contributed by atoms with Crippen molar-refractivity contribution >= 4 is 27.8 Å². The summed E-state index contributed by atoms with van der Waals surface area (Å²) in [6, 6.07) is 14.1. The maximum atomic E-state index is 6.10. The molecule has 0 aliphatic carbocycles. The molecule has 94 valence electrons. The van der Waals surface area contributed by atoms with Gasteiger partial charge in [-0.05, 0) is 30.7 Å². The highest BCUT2D eigenvalue weighted by molar-refractivity contribution is 5.95. The van der Waals surface area contributed by atoms with Gasteiger partial charge in [-0.3, -0.25) is 4.98 Å². The summed E-state index contributed by atoms with van der Waals surface area (Å²) in [7, 11) is 0. The van der Waals surface area contributed by atoms with Crippen LogP contribution in [0, 0.1) is 6.92 Å². The van der Waals surface area contributed by atoms with Crippen LogP contribution in [0.5, 0.6) is 0 Å². The molecule has 3 N–H and O–H groups in total. The smallest absolute Gasteiger partial charge is 0.0620 e. The number of nitrogens with zero attached hydrogens (tertiary/aromatic N) is 1. The third kappa shape index (κ3) is 2.10. The van der Waals surface area contributed by atoms with Crippen molar-refractivity contribution in [3.8, 4) is 0 Å². The normalized spacial score (nSPS) is 10.6. The lowest BCUT2D eigenvalue weighted by Gasteiger charge is -2.13. The highest BCUT2D eigenvalue weighted by atomic mass is 14.9. The summed E-state index contributed by atoms with van der Waals surface area (Å²) in [6.07, 6.45) is 3.66. The van der Waals surface area contributed by atoms with Crippen molar-refractivity contribution < 1.29 is 0 Å². The molecule has 0 saturated carbocycles. The van der Waals surface area contributed by atoms with Crippen LogP contribution in [0.4, 0.5) is 17.1 Å². The Morgan fingerprint density at radius 1 is 1.00 bits per heavy atom. The second-order valence-electron chi connectivity index (χ2n) is 4.56. The number of hydrogen-bond acceptors (Lipinski definition) is 3. The Labute approximate surface area is 112 Å². The summed E-state index contributed by atoms with van der Waals surface area (Å²) in [5.41, 5.74) is 9.93. The van der Waals surface area contributed by atoms with Crippen molar-refractivity contribution in [2.45, 2.75) is 6.92 Å². The number of rotatable bonds is 2. The monoisotopic (exact) mass is 249 g/mol. The number of hydrogen-bond donors (Lipinski definition) is 2. The quantitative estimate of drug-likeness (QED) is 0.678. The topological polar surface area (TPSA) is 50.9 Å². The predicted octanol–water partition coefficient (Wildman–Crippen LogP) is 3.87. The summed E-state index contributed by atoms with van der Waals surface area (Å²) in [5, 5.41) is 5.65. The van der Waals surface area contributed by atoms with Gasteiger partial charge in [0.05, 0.1) is 11.4 Å². The van der Waals surface area contributed by atoms with Gasteiger partial charge in [0.15, 0.2) is 0 Å². The molecule has 2 aromatic carbocycles. The first-order valence-electron chi connectivity index (χ1n) is 6.20. The SMILES string of the molecule is Cc1cccc(Nc2cccc3cnccc23)c1N. The van der Waals surface area contributed by atoms with E-state index >= 15 is 0 Å². The van der Waals surface area contributed by atoms with Crippen LogP contribution in [-0.4, -0.2) is 4.98 Å². The van der Waals surface area contributed by atoms with E-state index in [0.717, 1.165) is 33.4 Å². The molecule has 0 aliphatic heterocycles. The summed E-state index contributed by atoms with van der Waals surface area (Å²) in [6.45, 7) is 2.01. The first-order chi connectivity index (χ1) is 9.25. The van der Waals surface area contributed by atoms with E-state index in [2.05, 4.69) is 10.3 Å². The Morgan fingerprint density at radius 2 is 1.79 bits per heavy atom. The number of fused-ring (bicyclic) bond motifs is 1. The zero-order chi connectivity index (χ0) is 13.2. The molecule has 19 heavy (non-hydrogen) atoms. The number of anilines is 3. The second-order valence-corrected chi connectivity index (χ2v) is 4.56. The van der Waals surface area contributed by atoms with Gasteiger partial charge in [-0.1, -0.05) is 24.3 Å². The molecule has 0 radical (unpaired) electrons. The van der Waals surface area contributed by atoms with E-state index in [-0.39, 0.29) is 0 Å². The number of para-hydroxylation sites is 1. The first kappa shape index (κ1) is 11.5. The molecular formula is C16H15N3. The van der Waals surface area contributed by atoms with Crippen LogP contribution in [-0.2, 0) is 0 Å². The summed E-state index contributed by atoms with van der Waals surface area (Å²) in [4.78, 5) is 4.14. The molecule has 3 aromatic rings. The fourth-order valence-corrected chi connectivity index (χ4v) is 2.17. The minimum Gasteiger partial charge on any atom is -0.397 e. The average molecular weight is 249 g/mol. The van der Waals surface area contributed by atoms with E-state index in [4.69, 9.17) is 5.73 Å². The number of pyridine rings is 1. The van der Waals surface area contributed by atoms with Gasteiger partial charge in [-0.2, -0.15) is 0 Å². The molecule has 3 nitrogen and oxygen atoms in total. The highest BCUT2D eigenvalue weighted by Gasteiger charge is 2.04. The van der Waals surface area contributed by atoms with Crippen molar-refractivity contribution in [1.82, 2.24) is 4.98 Å². The summed E-state index contributed by atoms with van der Waals surface area (Å²) < 4.78 is 0. The van der Waals surface area contributed by atoms with Gasteiger partial charge in [0, 0.05) is 28.9 Å². The van der Waals surface area contributed by atoms with Gasteiger partial charge in [0.25, 0.3) is 0 Å². The van der Waals surface area contributed by atoms with E-state index < -0.39 is 0 Å². The van der Waals surface area contributed by atoms with Crippen LogP contribution < -0.4 is 11.1 Å². The molecule has 0 aliphatic rings. The minimum atomic E-state index is 0.786. The van der Waals surface area contributed by atoms with Gasteiger partial charge in [0.1, 0.15) is 0 Å². The van der Waals surface area contributed by atoms with E-state index in [1.165, 1.54) is 0 Å². The molecule has 1 heterocycles. The third-order valence-electron chi connectivity index (χ3n) is 3.27. The Morgan fingerprint density at radius 3 is 2.68 bits per heavy atom. The molecule has 0 spiro atoms. The van der Waals surface area contributed by atoms with Crippen LogP contribution >= 0.6 is 0 Å². The number of nitrogen functional groups attached to an aromatic ring is 1. The van der Waals surface area contributed by atoms with E-state index in [0.29, 0.717) is 0 Å². The molecule has 0 bridgehead atoms. The fourth-order valence-electron chi connectivity index (χ4n) is 2.17. The van der Waals surface area contributed by atoms with Crippen molar-refractivity contribution in [3.05, 3.63) is 60.4 Å². The molecule has 0 atom stereocenters. The molecule has 0 saturated heterocycles. The third-order valence-corrected chi connectivity index (χ3v) is 3.27. The molecule has 0 fully saturated rings. The van der Waals surface area contributed by atoms with Crippen LogP contribution in [0.15, 0.2) is 54.9 Å². The minimum absolute atomic E-state index is 0.786. The lowest BCUT2D eigenvalue weighted by Crippen LogP contribution is -1.98. The van der Waals surface area contributed by atoms with E-state index in [9.17, 15) is 0 Å². The number of aromatic nitrogens is 1. The fraction of sp³-hybridized carbons (Fsp3) is 0.0625. The summed E-state index contributed by atoms with van der Waals surface area (Å²) >= 11 is 0. The van der Waals surface area contributed by atoms with Gasteiger partial charge in [0.2, 0.25) is 0 Å². The Balaban J connectivity index is 2.09. The molecule has 1 aromatic heterocycles. The van der Waals surface area contributed by atoms with Gasteiger partial charge >= 0.3 is 0 Å². The van der Waals surface area contributed by atoms with E-state index in [1.54, 1.807) is 6.20 Å². The second kappa shape index (κ2) is 4.61. The van der Waals surface area contributed by atoms with Crippen LogP contribution in [0.1, 0.15) is 5.56 Å². The molecular weight excluding hydrogens is 234 g/mol. The summed E-state index contributed by atoms with van der Waals surface area (Å²) in [5.74, 6) is 0. The average Bonchev–Trinajstić information content (AvgIpc) is 2.44. The molecule has 0 unspecified atom stereocenters. The maximum absolute atomic E-state index is 6.10. The highest BCUT2D eigenvalue weighted by Crippen LogP contribution is 2.29. The molecule has 0 amide bonds. The van der Waals surface area contributed by atoms with Crippen molar-refractivity contribution in [2.24, 2.45) is 0 Å². The molecule has 3 heteroatoms. The number of nitrogens with one attached hydrogen (secondary N) is 1. The largest absolute Gasteiger partial charge is 0.397 e. The van der Waals surface area contributed by atoms with Crippen molar-refractivity contribution in [2.75, 3.05) is 11.1 Å². The number of aryl methyl sites for hydroxylation is 1. The van der Waals surface area contributed by atoms with Crippen LogP contribution in [0.3, 0.4) is 0 Å². The molecule has 3 rings (SSSR count). The number of benzene rings is 2. The Kier molecular flexibility index (Phi) is 2.80. The first-order valence-corrected chi connectivity index (χ1v) is 6.20. The predicted molar refractivity (Wildman–Crippen MR) is 80.6 cm³/mol. The lowest BCUT2D eigenvalue weighted by atomic mass is 10.1. The lowest BCUT2D eigenvalue weighted by molar-refractivity contribution is 1.36. The standard InChI is InChI=1S/C16H15N3/c1-11-4-2-7-15(16(11)17)19-14-6-3-5-12-10-18-9-8-13(12)14/h2-10,19H,17H2,1H3. The van der Waals surface area contributed by atoms with Crippen LogP contribution in [0.25, 0.3) is 10.8 Å². The zero-order valence-corrected chi connectivity index (χ0v) is 10.7. The number of nitrogens with two attached hydrogens (primary N) is 1. The Hall–Kier alpha value is -2.55. The van der Waals surface area contributed by atoms with Crippen LogP contribution in [0.2, 0.25) is 0 Å². The van der Waals surface area contributed by atoms with Gasteiger partial charge < -0.3 is 11.1 Å². The van der Waals surface area contributed by atoms with Gasteiger partial charge in [-0.25, -0.2) is 0 Å². The maximum Gasteiger partial charge on any atom is 0.0620 e. The van der Waals surface area contributed by atoms with Gasteiger partial charge in [-0.15, -0.1) is 0 Å². The van der Waals surface area contributed by atoms with E-state index in [1.807, 2.05) is 55.6 Å². The Bertz CT molecular complexity index is 730. The van der Waals surface area contributed by atoms with Crippen molar-refractivity contribution in [3.63, 3.8) is 0 Å².